The summed E-state index contributed by atoms with van der Waals surface area (Å²) in [5.74, 6) is -0.193. The van der Waals surface area contributed by atoms with Gasteiger partial charge in [-0.3, -0.25) is 9.59 Å². The molecule has 240 valence electrons. The molecule has 2 atom stereocenters. The van der Waals surface area contributed by atoms with E-state index in [1.54, 1.807) is 23.5 Å². The van der Waals surface area contributed by atoms with Crippen molar-refractivity contribution in [2.75, 3.05) is 62.5 Å². The highest BCUT2D eigenvalue weighted by molar-refractivity contribution is 7.98. The molecule has 0 unspecified atom stereocenters. The third kappa shape index (κ3) is 9.68. The first-order chi connectivity index (χ1) is 22.5. The lowest BCUT2D eigenvalue weighted by Gasteiger charge is -2.24. The smallest absolute Gasteiger partial charge is 0.255 e. The number of thioether (sulfide) groups is 2. The highest BCUT2D eigenvalue weighted by Gasteiger charge is 2.17. The first-order valence-corrected chi connectivity index (χ1v) is 17.7. The van der Waals surface area contributed by atoms with Crippen molar-refractivity contribution >= 4 is 46.7 Å². The molecule has 0 radical (unpaired) electrons. The van der Waals surface area contributed by atoms with E-state index in [1.165, 1.54) is 0 Å². The number of morpholine rings is 2. The standard InChI is InChI=1S/2C18H20N2O2S/c2*1-23-16-8-4-14(5-9-16)18(21)20-15-6-2-13(3-7-15)17-12-19-10-11-22-17/h2*2-9,17,19H,10-12H2,1H3,(H,20,21)/t2*17-/m10/s1. The summed E-state index contributed by atoms with van der Waals surface area (Å²) in [5.41, 5.74) is 5.14. The second-order valence-electron chi connectivity index (χ2n) is 10.7. The molecule has 2 aliphatic heterocycles. The number of carbonyl (C=O) groups is 2. The van der Waals surface area contributed by atoms with E-state index in [0.717, 1.165) is 71.7 Å². The van der Waals surface area contributed by atoms with Gasteiger partial charge in [0, 0.05) is 58.5 Å². The van der Waals surface area contributed by atoms with Gasteiger partial charge in [-0.2, -0.15) is 0 Å². The molecule has 2 amide bonds. The highest BCUT2D eigenvalue weighted by Crippen LogP contribution is 2.23. The van der Waals surface area contributed by atoms with Crippen molar-refractivity contribution in [3.05, 3.63) is 119 Å². The molecule has 46 heavy (non-hydrogen) atoms. The van der Waals surface area contributed by atoms with Crippen LogP contribution in [0.4, 0.5) is 11.4 Å². The number of benzene rings is 4. The van der Waals surface area contributed by atoms with E-state index in [-0.39, 0.29) is 24.0 Å². The van der Waals surface area contributed by atoms with Crippen LogP contribution in [0.2, 0.25) is 0 Å². The molecule has 6 rings (SSSR count). The minimum atomic E-state index is -0.0963. The Balaban J connectivity index is 0.000000181. The normalized spacial score (nSPS) is 17.7. The quantitative estimate of drug-likeness (QED) is 0.157. The summed E-state index contributed by atoms with van der Waals surface area (Å²) in [7, 11) is 0. The molecule has 0 bridgehead atoms. The first kappa shape index (κ1) is 33.7. The maximum Gasteiger partial charge on any atom is 0.255 e. The molecule has 4 aromatic carbocycles. The average Bonchev–Trinajstić information content (AvgIpc) is 3.13. The molecule has 2 aliphatic rings. The Kier molecular flexibility index (Phi) is 12.7. The van der Waals surface area contributed by atoms with Gasteiger partial charge in [-0.15, -0.1) is 23.5 Å². The molecule has 10 heteroatoms. The Morgan fingerprint density at radius 2 is 0.957 bits per heavy atom. The van der Waals surface area contributed by atoms with Crippen LogP contribution in [0.5, 0.6) is 0 Å². The third-order valence-corrected chi connectivity index (χ3v) is 9.13. The van der Waals surface area contributed by atoms with Gasteiger partial charge in [0.2, 0.25) is 0 Å². The molecule has 2 saturated heterocycles. The van der Waals surface area contributed by atoms with E-state index in [0.29, 0.717) is 11.1 Å². The molecular weight excluding hydrogens is 617 g/mol. The van der Waals surface area contributed by atoms with Gasteiger partial charge in [-0.25, -0.2) is 0 Å². The molecule has 0 aliphatic carbocycles. The van der Waals surface area contributed by atoms with Crippen LogP contribution < -0.4 is 21.3 Å². The van der Waals surface area contributed by atoms with Crippen LogP contribution in [0.15, 0.2) is 107 Å². The van der Waals surface area contributed by atoms with E-state index in [4.69, 9.17) is 9.47 Å². The Labute approximate surface area is 279 Å². The molecule has 0 aromatic heterocycles. The van der Waals surface area contributed by atoms with Crippen molar-refractivity contribution in [2.24, 2.45) is 0 Å². The van der Waals surface area contributed by atoms with Gasteiger partial charge in [0.05, 0.1) is 25.4 Å². The average molecular weight is 657 g/mol. The van der Waals surface area contributed by atoms with E-state index in [1.807, 2.05) is 110 Å². The minimum absolute atomic E-state index is 0.0904. The van der Waals surface area contributed by atoms with Gasteiger partial charge in [0.15, 0.2) is 0 Å². The molecule has 2 heterocycles. The molecule has 2 fully saturated rings. The molecule has 0 spiro atoms. The van der Waals surface area contributed by atoms with Crippen molar-refractivity contribution in [1.29, 1.82) is 0 Å². The van der Waals surface area contributed by atoms with Crippen molar-refractivity contribution in [2.45, 2.75) is 22.0 Å². The molecule has 4 N–H and O–H groups in total. The number of amides is 2. The van der Waals surface area contributed by atoms with Crippen molar-refractivity contribution in [3.63, 3.8) is 0 Å². The van der Waals surface area contributed by atoms with Crippen LogP contribution in [0, 0.1) is 0 Å². The zero-order valence-electron chi connectivity index (χ0n) is 26.1. The number of anilines is 2. The van der Waals surface area contributed by atoms with Gasteiger partial charge in [-0.05, 0) is 96.4 Å². The van der Waals surface area contributed by atoms with E-state index < -0.39 is 0 Å². The largest absolute Gasteiger partial charge is 0.371 e. The third-order valence-electron chi connectivity index (χ3n) is 7.64. The summed E-state index contributed by atoms with van der Waals surface area (Å²) in [6.07, 6.45) is 4.21. The number of hydrogen-bond acceptors (Lipinski definition) is 8. The highest BCUT2D eigenvalue weighted by atomic mass is 32.2. The summed E-state index contributed by atoms with van der Waals surface area (Å²) >= 11 is 3.32. The second kappa shape index (κ2) is 17.3. The van der Waals surface area contributed by atoms with Gasteiger partial charge < -0.3 is 30.7 Å². The summed E-state index contributed by atoms with van der Waals surface area (Å²) in [6, 6.07) is 30.9. The van der Waals surface area contributed by atoms with Crippen LogP contribution in [0.25, 0.3) is 0 Å². The lowest BCUT2D eigenvalue weighted by atomic mass is 10.1. The maximum absolute atomic E-state index is 12.2. The lowest BCUT2D eigenvalue weighted by Crippen LogP contribution is -2.33. The number of ether oxygens (including phenoxy) is 2. The molecule has 0 saturated carbocycles. The Bertz CT molecular complexity index is 1420. The van der Waals surface area contributed by atoms with Gasteiger partial charge in [0.25, 0.3) is 11.8 Å². The summed E-state index contributed by atoms with van der Waals surface area (Å²) in [5, 5.41) is 12.5. The molecule has 8 nitrogen and oxygen atoms in total. The van der Waals surface area contributed by atoms with Crippen LogP contribution in [-0.4, -0.2) is 63.7 Å². The van der Waals surface area contributed by atoms with Crippen LogP contribution in [0.1, 0.15) is 44.1 Å². The van der Waals surface area contributed by atoms with Crippen molar-refractivity contribution in [3.8, 4) is 0 Å². The monoisotopic (exact) mass is 656 g/mol. The number of nitrogens with one attached hydrogen (secondary N) is 4. The van der Waals surface area contributed by atoms with E-state index >= 15 is 0 Å². The maximum atomic E-state index is 12.2. The zero-order valence-corrected chi connectivity index (χ0v) is 27.7. The van der Waals surface area contributed by atoms with E-state index in [9.17, 15) is 9.59 Å². The Morgan fingerprint density at radius 1 is 0.587 bits per heavy atom. The number of hydrogen-bond donors (Lipinski definition) is 4. The summed E-state index contributed by atoms with van der Waals surface area (Å²) in [6.45, 7) is 4.92. The number of carbonyl (C=O) groups excluding carboxylic acids is 2. The van der Waals surface area contributed by atoms with E-state index in [2.05, 4.69) is 21.3 Å². The number of rotatable bonds is 8. The summed E-state index contributed by atoms with van der Waals surface area (Å²) < 4.78 is 11.4. The minimum Gasteiger partial charge on any atom is -0.371 e. The lowest BCUT2D eigenvalue weighted by molar-refractivity contribution is 0.0276. The van der Waals surface area contributed by atoms with Gasteiger partial charge >= 0.3 is 0 Å². The fourth-order valence-electron chi connectivity index (χ4n) is 5.01. The topological polar surface area (TPSA) is 101 Å². The van der Waals surface area contributed by atoms with Crippen molar-refractivity contribution in [1.82, 2.24) is 10.6 Å². The van der Waals surface area contributed by atoms with Gasteiger partial charge in [0.1, 0.15) is 0 Å². The second-order valence-corrected chi connectivity index (χ2v) is 12.5. The fourth-order valence-corrected chi connectivity index (χ4v) is 5.83. The van der Waals surface area contributed by atoms with Crippen LogP contribution >= 0.6 is 23.5 Å². The fraction of sp³-hybridized carbons (Fsp3) is 0.278. The molecular formula is C36H40N4O4S2. The predicted molar refractivity (Wildman–Crippen MR) is 188 cm³/mol. The van der Waals surface area contributed by atoms with Gasteiger partial charge in [-0.1, -0.05) is 24.3 Å². The SMILES string of the molecule is CSc1ccc(C(=O)Nc2ccc([C@@H]3CNCCO3)cc2)cc1.CSc1ccc(C(=O)Nc2ccc([C@H]3CNCCO3)cc2)cc1. The van der Waals surface area contributed by atoms with Crippen LogP contribution in [0.3, 0.4) is 0 Å². The summed E-state index contributed by atoms with van der Waals surface area (Å²) in [4.78, 5) is 26.8. The Morgan fingerprint density at radius 3 is 1.26 bits per heavy atom. The Hall–Kier alpha value is -3.64. The molecule has 4 aromatic rings. The zero-order chi connectivity index (χ0) is 32.1. The predicted octanol–water partition coefficient (Wildman–Crippen LogP) is 6.64. The van der Waals surface area contributed by atoms with Crippen molar-refractivity contribution < 1.29 is 19.1 Å². The van der Waals surface area contributed by atoms with Crippen LogP contribution in [-0.2, 0) is 9.47 Å². The first-order valence-electron chi connectivity index (χ1n) is 15.3.